The second kappa shape index (κ2) is 5.58. The summed E-state index contributed by atoms with van der Waals surface area (Å²) in [5, 5.41) is 4.80. The van der Waals surface area contributed by atoms with E-state index in [4.69, 9.17) is 9.47 Å². The summed E-state index contributed by atoms with van der Waals surface area (Å²) in [7, 11) is 3.18. The molecule has 0 bridgehead atoms. The van der Waals surface area contributed by atoms with Gasteiger partial charge in [-0.15, -0.1) is 5.10 Å². The molecular weight excluding hydrogens is 274 g/mol. The van der Waals surface area contributed by atoms with E-state index < -0.39 is 0 Å². The number of ether oxygens (including phenoxy) is 2. The quantitative estimate of drug-likeness (QED) is 0.668. The summed E-state index contributed by atoms with van der Waals surface area (Å²) in [5.74, 6) is 0.977. The third-order valence-electron chi connectivity index (χ3n) is 3.16. The van der Waals surface area contributed by atoms with Gasteiger partial charge in [-0.3, -0.25) is 4.79 Å². The first kappa shape index (κ1) is 13.7. The molecular formula is C13H15N5O3. The summed E-state index contributed by atoms with van der Waals surface area (Å²) >= 11 is 0. The van der Waals surface area contributed by atoms with E-state index in [0.717, 1.165) is 0 Å². The van der Waals surface area contributed by atoms with Crippen LogP contribution < -0.4 is 5.56 Å². The van der Waals surface area contributed by atoms with E-state index in [-0.39, 0.29) is 5.56 Å². The van der Waals surface area contributed by atoms with Gasteiger partial charge >= 0.3 is 0 Å². The lowest BCUT2D eigenvalue weighted by Crippen LogP contribution is -2.22. The van der Waals surface area contributed by atoms with Crippen molar-refractivity contribution in [2.45, 2.75) is 13.2 Å². The highest BCUT2D eigenvalue weighted by Crippen LogP contribution is 2.10. The van der Waals surface area contributed by atoms with Crippen molar-refractivity contribution in [3.63, 3.8) is 0 Å². The van der Waals surface area contributed by atoms with E-state index in [1.165, 1.54) is 6.20 Å². The maximum Gasteiger partial charge on any atom is 0.261 e. The Labute approximate surface area is 120 Å². The van der Waals surface area contributed by atoms with Crippen molar-refractivity contribution >= 4 is 16.7 Å². The Kier molecular flexibility index (Phi) is 3.63. The van der Waals surface area contributed by atoms with Crippen LogP contribution in [0.25, 0.3) is 16.7 Å². The first-order valence-electron chi connectivity index (χ1n) is 6.46. The van der Waals surface area contributed by atoms with Gasteiger partial charge < -0.3 is 14.0 Å². The number of methoxy groups -OCH3 is 2. The predicted octanol–water partition coefficient (Wildman–Crippen LogP) is 0.232. The normalized spacial score (nSPS) is 11.5. The van der Waals surface area contributed by atoms with Crippen molar-refractivity contribution in [3.8, 4) is 0 Å². The highest BCUT2D eigenvalue weighted by molar-refractivity contribution is 5.78. The average molecular weight is 289 g/mol. The highest BCUT2D eigenvalue weighted by Gasteiger charge is 2.11. The second-order valence-electron chi connectivity index (χ2n) is 4.54. The van der Waals surface area contributed by atoms with Gasteiger partial charge in [0, 0.05) is 33.2 Å². The number of nitrogens with zero attached hydrogens (tertiary/aromatic N) is 5. The summed E-state index contributed by atoms with van der Waals surface area (Å²) in [6.45, 7) is 1.27. The fourth-order valence-corrected chi connectivity index (χ4v) is 2.16. The average Bonchev–Trinajstić information content (AvgIpc) is 2.90. The lowest BCUT2D eigenvalue weighted by Gasteiger charge is -2.06. The maximum atomic E-state index is 12.4. The van der Waals surface area contributed by atoms with Crippen molar-refractivity contribution < 1.29 is 9.47 Å². The Bertz CT molecular complexity index is 839. The molecule has 0 aromatic carbocycles. The minimum atomic E-state index is -0.122. The molecule has 0 amide bonds. The number of aromatic nitrogens is 5. The van der Waals surface area contributed by atoms with Crippen LogP contribution in [-0.2, 0) is 22.6 Å². The van der Waals surface area contributed by atoms with Crippen LogP contribution in [-0.4, -0.2) is 45.0 Å². The molecule has 0 atom stereocenters. The number of hydrogen-bond acceptors (Lipinski definition) is 6. The largest absolute Gasteiger partial charge is 0.383 e. The Morgan fingerprint density at radius 1 is 1.29 bits per heavy atom. The highest BCUT2D eigenvalue weighted by atomic mass is 16.5. The molecule has 0 fully saturated rings. The number of hydrogen-bond donors (Lipinski definition) is 0. The summed E-state index contributed by atoms with van der Waals surface area (Å²) in [6.07, 6.45) is 3.25. The summed E-state index contributed by atoms with van der Waals surface area (Å²) < 4.78 is 13.2. The molecule has 3 rings (SSSR count). The van der Waals surface area contributed by atoms with Crippen molar-refractivity contribution in [2.24, 2.45) is 0 Å². The standard InChI is InChI=1S/C13H15N5O3/c1-20-6-5-17-4-3-10-9(12(17)19)7-14-13-15-11(8-21-2)16-18(10)13/h3-4,7H,5-6,8H2,1-2H3. The topological polar surface area (TPSA) is 83.5 Å². The van der Waals surface area contributed by atoms with Crippen molar-refractivity contribution in [1.29, 1.82) is 0 Å². The molecule has 0 aliphatic heterocycles. The first-order valence-corrected chi connectivity index (χ1v) is 6.46. The van der Waals surface area contributed by atoms with Gasteiger partial charge in [0.2, 0.25) is 0 Å². The van der Waals surface area contributed by atoms with Crippen LogP contribution in [0.15, 0.2) is 23.3 Å². The minimum Gasteiger partial charge on any atom is -0.383 e. The summed E-state index contributed by atoms with van der Waals surface area (Å²) in [6, 6.07) is 1.83. The molecule has 0 saturated heterocycles. The zero-order valence-corrected chi connectivity index (χ0v) is 11.8. The van der Waals surface area contributed by atoms with E-state index in [1.807, 2.05) is 6.07 Å². The Morgan fingerprint density at radius 3 is 2.90 bits per heavy atom. The van der Waals surface area contributed by atoms with E-state index in [9.17, 15) is 4.79 Å². The van der Waals surface area contributed by atoms with Crippen LogP contribution in [0.4, 0.5) is 0 Å². The van der Waals surface area contributed by atoms with Crippen LogP contribution in [0, 0.1) is 0 Å². The van der Waals surface area contributed by atoms with Gasteiger partial charge in [-0.1, -0.05) is 0 Å². The van der Waals surface area contributed by atoms with Crippen LogP contribution >= 0.6 is 0 Å². The van der Waals surface area contributed by atoms with Crippen molar-refractivity contribution in [2.75, 3.05) is 20.8 Å². The SMILES string of the molecule is COCCn1ccc2c(cnc3nc(COC)nn32)c1=O. The van der Waals surface area contributed by atoms with Gasteiger partial charge in [-0.2, -0.15) is 9.50 Å². The number of pyridine rings is 1. The Morgan fingerprint density at radius 2 is 2.14 bits per heavy atom. The third kappa shape index (κ3) is 2.39. The predicted molar refractivity (Wildman–Crippen MR) is 75.1 cm³/mol. The monoisotopic (exact) mass is 289 g/mol. The molecule has 3 heterocycles. The molecule has 0 aliphatic carbocycles. The van der Waals surface area contributed by atoms with Crippen LogP contribution in [0.1, 0.15) is 5.82 Å². The number of rotatable bonds is 5. The van der Waals surface area contributed by atoms with Gasteiger partial charge in [-0.05, 0) is 6.07 Å². The zero-order valence-electron chi connectivity index (χ0n) is 11.8. The summed E-state index contributed by atoms with van der Waals surface area (Å²) in [5.41, 5.74) is 0.552. The van der Waals surface area contributed by atoms with Crippen molar-refractivity contribution in [1.82, 2.24) is 24.1 Å². The van der Waals surface area contributed by atoms with Gasteiger partial charge in [0.1, 0.15) is 6.61 Å². The third-order valence-corrected chi connectivity index (χ3v) is 3.16. The van der Waals surface area contributed by atoms with Gasteiger partial charge in [0.05, 0.1) is 17.5 Å². The minimum absolute atomic E-state index is 0.122. The van der Waals surface area contributed by atoms with Crippen LogP contribution in [0.2, 0.25) is 0 Å². The van der Waals surface area contributed by atoms with Crippen LogP contribution in [0.3, 0.4) is 0 Å². The lowest BCUT2D eigenvalue weighted by molar-refractivity contribution is 0.178. The Balaban J connectivity index is 2.17. The smallest absolute Gasteiger partial charge is 0.261 e. The molecule has 110 valence electrons. The van der Waals surface area contributed by atoms with E-state index in [0.29, 0.717) is 42.3 Å². The second-order valence-corrected chi connectivity index (χ2v) is 4.54. The van der Waals surface area contributed by atoms with E-state index >= 15 is 0 Å². The Hall–Kier alpha value is -2.32. The van der Waals surface area contributed by atoms with E-state index in [1.54, 1.807) is 29.5 Å². The molecule has 21 heavy (non-hydrogen) atoms. The van der Waals surface area contributed by atoms with Crippen molar-refractivity contribution in [3.05, 3.63) is 34.6 Å². The molecule has 0 radical (unpaired) electrons. The molecule has 3 aromatic rings. The van der Waals surface area contributed by atoms with Crippen LogP contribution in [0.5, 0.6) is 0 Å². The van der Waals surface area contributed by atoms with Gasteiger partial charge in [-0.25, -0.2) is 4.98 Å². The number of fused-ring (bicyclic) bond motifs is 3. The molecule has 0 saturated carbocycles. The lowest BCUT2D eigenvalue weighted by atomic mass is 10.3. The molecule has 3 aromatic heterocycles. The van der Waals surface area contributed by atoms with Gasteiger partial charge in [0.25, 0.3) is 11.3 Å². The van der Waals surface area contributed by atoms with E-state index in [2.05, 4.69) is 15.1 Å². The maximum absolute atomic E-state index is 12.4. The molecule has 0 aliphatic rings. The molecule has 0 spiro atoms. The molecule has 8 nitrogen and oxygen atoms in total. The first-order chi connectivity index (χ1) is 10.2. The molecule has 8 heteroatoms. The van der Waals surface area contributed by atoms with Gasteiger partial charge in [0.15, 0.2) is 5.82 Å². The zero-order chi connectivity index (χ0) is 14.8. The fraction of sp³-hybridized carbons (Fsp3) is 0.385. The molecule has 0 N–H and O–H groups in total. The fourth-order valence-electron chi connectivity index (χ4n) is 2.16. The summed E-state index contributed by atoms with van der Waals surface area (Å²) in [4.78, 5) is 20.8. The molecule has 0 unspecified atom stereocenters.